The molecule has 0 aliphatic rings. The van der Waals surface area contributed by atoms with Gasteiger partial charge in [0.15, 0.2) is 0 Å². The quantitative estimate of drug-likeness (QED) is 0.776. The molecule has 2 N–H and O–H groups in total. The summed E-state index contributed by atoms with van der Waals surface area (Å²) in [5.41, 5.74) is 2.33. The lowest BCUT2D eigenvalue weighted by molar-refractivity contribution is 0.102. The van der Waals surface area contributed by atoms with Crippen LogP contribution in [0.15, 0.2) is 59.8 Å². The zero-order valence-electron chi connectivity index (χ0n) is 11.9. The van der Waals surface area contributed by atoms with E-state index in [2.05, 4.69) is 15.4 Å². The van der Waals surface area contributed by atoms with Gasteiger partial charge in [0.25, 0.3) is 5.91 Å². The Morgan fingerprint density at radius 1 is 1.18 bits per heavy atom. The molecule has 6 heteroatoms. The first-order valence-electron chi connectivity index (χ1n) is 6.75. The highest BCUT2D eigenvalue weighted by Crippen LogP contribution is 2.12. The number of aryl methyl sites for hydroxylation is 1. The highest BCUT2D eigenvalue weighted by molar-refractivity contribution is 6.04. The van der Waals surface area contributed by atoms with Gasteiger partial charge in [0.2, 0.25) is 5.43 Å². The molecule has 0 aliphatic carbocycles. The molecule has 0 aliphatic heterocycles. The second-order valence-corrected chi connectivity index (χ2v) is 4.81. The molecule has 6 nitrogen and oxygen atoms in total. The Balaban J connectivity index is 1.81. The first kappa shape index (κ1) is 13.8. The van der Waals surface area contributed by atoms with E-state index in [4.69, 9.17) is 0 Å². The fourth-order valence-corrected chi connectivity index (χ4v) is 2.10. The maximum absolute atomic E-state index is 12.1. The van der Waals surface area contributed by atoms with Crippen molar-refractivity contribution >= 4 is 11.6 Å². The second kappa shape index (κ2) is 5.69. The standard InChI is InChI=1S/C16H14N4O2/c1-11-6-9-18-20(11)13-4-2-12(3-5-13)16(22)19-14-10-17-8-7-15(14)21/h2-10H,1H3,(H,17,21)(H,19,22). The van der Waals surface area contributed by atoms with Crippen LogP contribution in [0.1, 0.15) is 16.1 Å². The Bertz CT molecular complexity index is 862. The Hall–Kier alpha value is -3.15. The zero-order chi connectivity index (χ0) is 15.5. The maximum atomic E-state index is 12.1. The van der Waals surface area contributed by atoms with Crippen molar-refractivity contribution in [1.29, 1.82) is 0 Å². The molecule has 0 saturated carbocycles. The summed E-state index contributed by atoms with van der Waals surface area (Å²) in [6, 6.07) is 10.3. The summed E-state index contributed by atoms with van der Waals surface area (Å²) in [6.45, 7) is 1.95. The summed E-state index contributed by atoms with van der Waals surface area (Å²) in [5, 5.41) is 6.80. The Kier molecular flexibility index (Phi) is 3.57. The summed E-state index contributed by atoms with van der Waals surface area (Å²) in [4.78, 5) is 26.5. The fourth-order valence-electron chi connectivity index (χ4n) is 2.10. The number of carbonyl (C=O) groups is 1. The number of amides is 1. The van der Waals surface area contributed by atoms with Gasteiger partial charge in [0.05, 0.1) is 5.69 Å². The number of pyridine rings is 1. The third-order valence-corrected chi connectivity index (χ3v) is 3.28. The number of carbonyl (C=O) groups excluding carboxylic acids is 1. The van der Waals surface area contributed by atoms with E-state index in [0.717, 1.165) is 11.4 Å². The van der Waals surface area contributed by atoms with Crippen molar-refractivity contribution in [3.05, 3.63) is 76.5 Å². The van der Waals surface area contributed by atoms with Gasteiger partial charge in [-0.1, -0.05) is 0 Å². The molecule has 0 atom stereocenters. The molecule has 0 unspecified atom stereocenters. The number of nitrogens with one attached hydrogen (secondary N) is 2. The minimum Gasteiger partial charge on any atom is -0.366 e. The lowest BCUT2D eigenvalue weighted by atomic mass is 10.2. The van der Waals surface area contributed by atoms with Crippen LogP contribution in [0.3, 0.4) is 0 Å². The van der Waals surface area contributed by atoms with Crippen molar-refractivity contribution in [3.63, 3.8) is 0 Å². The summed E-state index contributed by atoms with van der Waals surface area (Å²) in [5.74, 6) is -0.333. The van der Waals surface area contributed by atoms with Crippen LogP contribution in [0, 0.1) is 6.92 Å². The van der Waals surface area contributed by atoms with Gasteiger partial charge in [-0.3, -0.25) is 9.59 Å². The molecular formula is C16H14N4O2. The number of rotatable bonds is 3. The Morgan fingerprint density at radius 2 is 1.95 bits per heavy atom. The van der Waals surface area contributed by atoms with Crippen LogP contribution in [-0.2, 0) is 0 Å². The first-order valence-corrected chi connectivity index (χ1v) is 6.75. The molecule has 110 valence electrons. The number of aromatic amines is 1. The minimum atomic E-state index is -0.333. The van der Waals surface area contributed by atoms with E-state index in [9.17, 15) is 9.59 Å². The monoisotopic (exact) mass is 294 g/mol. The van der Waals surface area contributed by atoms with Crippen molar-refractivity contribution in [3.8, 4) is 5.69 Å². The maximum Gasteiger partial charge on any atom is 0.255 e. The average molecular weight is 294 g/mol. The van der Waals surface area contributed by atoms with E-state index in [1.807, 2.05) is 25.1 Å². The molecule has 2 aromatic heterocycles. The van der Waals surface area contributed by atoms with Crippen molar-refractivity contribution in [2.45, 2.75) is 6.92 Å². The van der Waals surface area contributed by atoms with Crippen LogP contribution in [0.2, 0.25) is 0 Å². The van der Waals surface area contributed by atoms with Crippen LogP contribution in [0.25, 0.3) is 5.69 Å². The van der Waals surface area contributed by atoms with Gasteiger partial charge in [-0.2, -0.15) is 5.10 Å². The van der Waals surface area contributed by atoms with E-state index >= 15 is 0 Å². The largest absolute Gasteiger partial charge is 0.366 e. The van der Waals surface area contributed by atoms with E-state index in [-0.39, 0.29) is 17.0 Å². The first-order chi connectivity index (χ1) is 10.6. The molecular weight excluding hydrogens is 280 g/mol. The molecule has 0 fully saturated rings. The molecule has 0 spiro atoms. The molecule has 3 rings (SSSR count). The fraction of sp³-hybridized carbons (Fsp3) is 0.0625. The number of nitrogens with zero attached hydrogens (tertiary/aromatic N) is 2. The SMILES string of the molecule is Cc1ccnn1-c1ccc(C(=O)Nc2c[nH]ccc2=O)cc1. The third kappa shape index (κ3) is 2.67. The topological polar surface area (TPSA) is 79.8 Å². The molecule has 3 aromatic rings. The average Bonchev–Trinajstić information content (AvgIpc) is 2.96. The van der Waals surface area contributed by atoms with Crippen LogP contribution in [0.5, 0.6) is 0 Å². The van der Waals surface area contributed by atoms with Gasteiger partial charge in [-0.05, 0) is 37.3 Å². The van der Waals surface area contributed by atoms with Gasteiger partial charge in [0.1, 0.15) is 5.69 Å². The zero-order valence-corrected chi connectivity index (χ0v) is 11.9. The molecule has 0 bridgehead atoms. The highest BCUT2D eigenvalue weighted by Gasteiger charge is 2.09. The van der Waals surface area contributed by atoms with Crippen molar-refractivity contribution < 1.29 is 4.79 Å². The Morgan fingerprint density at radius 3 is 2.59 bits per heavy atom. The van der Waals surface area contributed by atoms with Gasteiger partial charge in [-0.25, -0.2) is 4.68 Å². The predicted octanol–water partition coefficient (Wildman–Crippen LogP) is 2.12. The molecule has 0 saturated heterocycles. The van der Waals surface area contributed by atoms with Crippen molar-refractivity contribution in [2.75, 3.05) is 5.32 Å². The van der Waals surface area contributed by atoms with Gasteiger partial charge in [-0.15, -0.1) is 0 Å². The van der Waals surface area contributed by atoms with E-state index in [1.165, 1.54) is 18.5 Å². The van der Waals surface area contributed by atoms with Gasteiger partial charge in [0, 0.05) is 35.9 Å². The van der Waals surface area contributed by atoms with E-state index < -0.39 is 0 Å². The van der Waals surface area contributed by atoms with Crippen molar-refractivity contribution in [2.24, 2.45) is 0 Å². The van der Waals surface area contributed by atoms with E-state index in [0.29, 0.717) is 5.56 Å². The second-order valence-electron chi connectivity index (χ2n) is 4.81. The minimum absolute atomic E-state index is 0.222. The molecule has 2 heterocycles. The summed E-state index contributed by atoms with van der Waals surface area (Å²) < 4.78 is 1.78. The molecule has 1 aromatic carbocycles. The summed E-state index contributed by atoms with van der Waals surface area (Å²) in [7, 11) is 0. The number of anilines is 1. The van der Waals surface area contributed by atoms with Crippen LogP contribution in [-0.4, -0.2) is 20.7 Å². The molecule has 1 amide bonds. The molecule has 0 radical (unpaired) electrons. The molecule has 22 heavy (non-hydrogen) atoms. The number of benzene rings is 1. The third-order valence-electron chi connectivity index (χ3n) is 3.28. The normalized spacial score (nSPS) is 10.4. The smallest absolute Gasteiger partial charge is 0.255 e. The van der Waals surface area contributed by atoms with Crippen LogP contribution in [0.4, 0.5) is 5.69 Å². The van der Waals surface area contributed by atoms with E-state index in [1.54, 1.807) is 23.0 Å². The number of hydrogen-bond donors (Lipinski definition) is 2. The van der Waals surface area contributed by atoms with Gasteiger partial charge < -0.3 is 10.3 Å². The van der Waals surface area contributed by atoms with Gasteiger partial charge >= 0.3 is 0 Å². The highest BCUT2D eigenvalue weighted by atomic mass is 16.2. The number of hydrogen-bond acceptors (Lipinski definition) is 3. The predicted molar refractivity (Wildman–Crippen MR) is 83.3 cm³/mol. The summed E-state index contributed by atoms with van der Waals surface area (Å²) >= 11 is 0. The lowest BCUT2D eigenvalue weighted by Gasteiger charge is -2.07. The van der Waals surface area contributed by atoms with Crippen LogP contribution >= 0.6 is 0 Å². The lowest BCUT2D eigenvalue weighted by Crippen LogP contribution is -2.18. The number of aromatic nitrogens is 3. The Labute approximate surface area is 126 Å². The van der Waals surface area contributed by atoms with Crippen LogP contribution < -0.4 is 10.7 Å². The van der Waals surface area contributed by atoms with Crippen molar-refractivity contribution in [1.82, 2.24) is 14.8 Å². The number of H-pyrrole nitrogens is 1. The summed E-state index contributed by atoms with van der Waals surface area (Å²) in [6.07, 6.45) is 4.69.